The second kappa shape index (κ2) is 6.02. The molecule has 0 aromatic heterocycles. The van der Waals surface area contributed by atoms with Gasteiger partial charge in [0, 0.05) is 5.69 Å². The lowest BCUT2D eigenvalue weighted by atomic mass is 9.83. The number of anilines is 1. The molecule has 2 rings (SSSR count). The standard InChI is InChI=1S/C17H15F4NO/c1-16(2,11-3-7-13(18)8-4-11)15(23)22-14-9-5-12(6-10-14)17(19,20)21/h3-10H,1-2H3,(H,22,23). The molecule has 0 heterocycles. The van der Waals surface area contributed by atoms with Crippen LogP contribution < -0.4 is 5.32 Å². The lowest BCUT2D eigenvalue weighted by Gasteiger charge is -2.24. The van der Waals surface area contributed by atoms with Crippen molar-refractivity contribution in [3.05, 3.63) is 65.5 Å². The molecule has 1 N–H and O–H groups in total. The highest BCUT2D eigenvalue weighted by atomic mass is 19.4. The van der Waals surface area contributed by atoms with Gasteiger partial charge in [-0.15, -0.1) is 0 Å². The van der Waals surface area contributed by atoms with Gasteiger partial charge >= 0.3 is 6.18 Å². The van der Waals surface area contributed by atoms with Gasteiger partial charge in [-0.2, -0.15) is 13.2 Å². The first-order valence-electron chi connectivity index (χ1n) is 6.85. The average molecular weight is 325 g/mol. The summed E-state index contributed by atoms with van der Waals surface area (Å²) < 4.78 is 50.5. The van der Waals surface area contributed by atoms with Crippen molar-refractivity contribution in [2.75, 3.05) is 5.32 Å². The largest absolute Gasteiger partial charge is 0.416 e. The van der Waals surface area contributed by atoms with Crippen molar-refractivity contribution in [1.29, 1.82) is 0 Å². The lowest BCUT2D eigenvalue weighted by molar-refractivity contribution is -0.137. The van der Waals surface area contributed by atoms with Crippen LogP contribution in [0, 0.1) is 5.82 Å². The van der Waals surface area contributed by atoms with Crippen molar-refractivity contribution in [3.63, 3.8) is 0 Å². The van der Waals surface area contributed by atoms with Gasteiger partial charge in [-0.1, -0.05) is 12.1 Å². The summed E-state index contributed by atoms with van der Waals surface area (Å²) >= 11 is 0. The zero-order valence-corrected chi connectivity index (χ0v) is 12.5. The molecule has 2 aromatic carbocycles. The predicted octanol–water partition coefficient (Wildman–Crippen LogP) is 4.76. The molecule has 0 aliphatic heterocycles. The summed E-state index contributed by atoms with van der Waals surface area (Å²) in [7, 11) is 0. The first kappa shape index (κ1) is 17.0. The molecule has 0 bridgehead atoms. The van der Waals surface area contributed by atoms with E-state index < -0.39 is 28.9 Å². The van der Waals surface area contributed by atoms with E-state index >= 15 is 0 Å². The molecular formula is C17H15F4NO. The second-order valence-electron chi connectivity index (χ2n) is 5.66. The van der Waals surface area contributed by atoms with Crippen LogP contribution in [0.25, 0.3) is 0 Å². The summed E-state index contributed by atoms with van der Waals surface area (Å²) in [5, 5.41) is 2.57. The van der Waals surface area contributed by atoms with E-state index in [-0.39, 0.29) is 5.69 Å². The van der Waals surface area contributed by atoms with Crippen LogP contribution >= 0.6 is 0 Å². The van der Waals surface area contributed by atoms with Crippen molar-refractivity contribution in [2.24, 2.45) is 0 Å². The molecule has 122 valence electrons. The molecule has 0 fully saturated rings. The molecule has 0 radical (unpaired) electrons. The Morgan fingerprint density at radius 1 is 0.870 bits per heavy atom. The smallest absolute Gasteiger partial charge is 0.325 e. The summed E-state index contributed by atoms with van der Waals surface area (Å²) in [4.78, 5) is 12.4. The monoisotopic (exact) mass is 325 g/mol. The van der Waals surface area contributed by atoms with Crippen molar-refractivity contribution < 1.29 is 22.4 Å². The number of nitrogens with one attached hydrogen (secondary N) is 1. The van der Waals surface area contributed by atoms with Crippen molar-refractivity contribution in [3.8, 4) is 0 Å². The first-order valence-corrected chi connectivity index (χ1v) is 6.85. The van der Waals surface area contributed by atoms with Crippen LogP contribution in [0.5, 0.6) is 0 Å². The van der Waals surface area contributed by atoms with Crippen LogP contribution in [0.3, 0.4) is 0 Å². The predicted molar refractivity (Wildman–Crippen MR) is 79.5 cm³/mol. The van der Waals surface area contributed by atoms with E-state index in [1.165, 1.54) is 36.4 Å². The molecule has 0 unspecified atom stereocenters. The Morgan fingerprint density at radius 2 is 1.35 bits per heavy atom. The van der Waals surface area contributed by atoms with E-state index in [0.717, 1.165) is 12.1 Å². The van der Waals surface area contributed by atoms with Crippen LogP contribution in [0.2, 0.25) is 0 Å². The molecule has 0 atom stereocenters. The molecule has 0 aliphatic rings. The molecule has 2 aromatic rings. The zero-order chi connectivity index (χ0) is 17.3. The highest BCUT2D eigenvalue weighted by molar-refractivity contribution is 5.98. The number of hydrogen-bond donors (Lipinski definition) is 1. The van der Waals surface area contributed by atoms with Gasteiger partial charge in [0.1, 0.15) is 5.82 Å². The fourth-order valence-corrected chi connectivity index (χ4v) is 2.03. The summed E-state index contributed by atoms with van der Waals surface area (Å²) in [6, 6.07) is 9.71. The number of rotatable bonds is 3. The molecule has 0 saturated carbocycles. The molecule has 23 heavy (non-hydrogen) atoms. The minimum absolute atomic E-state index is 0.262. The highest BCUT2D eigenvalue weighted by Crippen LogP contribution is 2.30. The van der Waals surface area contributed by atoms with Crippen LogP contribution in [0.15, 0.2) is 48.5 Å². The Bertz CT molecular complexity index is 688. The quantitative estimate of drug-likeness (QED) is 0.810. The lowest BCUT2D eigenvalue weighted by Crippen LogP contribution is -2.34. The van der Waals surface area contributed by atoms with Gasteiger partial charge in [-0.05, 0) is 55.8 Å². The van der Waals surface area contributed by atoms with Gasteiger partial charge in [0.05, 0.1) is 11.0 Å². The van der Waals surface area contributed by atoms with Crippen molar-refractivity contribution in [2.45, 2.75) is 25.4 Å². The summed E-state index contributed by atoms with van der Waals surface area (Å²) in [5.41, 5.74) is -0.883. The van der Waals surface area contributed by atoms with Gasteiger partial charge in [0.25, 0.3) is 0 Å². The molecule has 2 nitrogen and oxygen atoms in total. The maximum atomic E-state index is 13.0. The maximum Gasteiger partial charge on any atom is 0.416 e. The molecule has 6 heteroatoms. The number of carbonyl (C=O) groups is 1. The minimum Gasteiger partial charge on any atom is -0.325 e. The summed E-state index contributed by atoms with van der Waals surface area (Å²) in [5.74, 6) is -0.809. The average Bonchev–Trinajstić information content (AvgIpc) is 2.47. The van der Waals surface area contributed by atoms with Crippen molar-refractivity contribution >= 4 is 11.6 Å². The highest BCUT2D eigenvalue weighted by Gasteiger charge is 2.31. The number of benzene rings is 2. The first-order chi connectivity index (χ1) is 10.6. The van der Waals surface area contributed by atoms with E-state index in [2.05, 4.69) is 5.32 Å². The van der Waals surface area contributed by atoms with E-state index in [4.69, 9.17) is 0 Å². The summed E-state index contributed by atoms with van der Waals surface area (Å²) in [6.45, 7) is 3.30. The Labute approximate surface area is 131 Å². The van der Waals surface area contributed by atoms with Crippen LogP contribution in [0.1, 0.15) is 25.0 Å². The number of carbonyl (C=O) groups excluding carboxylic acids is 1. The van der Waals surface area contributed by atoms with Gasteiger partial charge in [0.15, 0.2) is 0 Å². The van der Waals surface area contributed by atoms with E-state index in [9.17, 15) is 22.4 Å². The molecule has 1 amide bonds. The molecular weight excluding hydrogens is 310 g/mol. The van der Waals surface area contributed by atoms with Gasteiger partial charge in [0.2, 0.25) is 5.91 Å². The topological polar surface area (TPSA) is 29.1 Å². The van der Waals surface area contributed by atoms with Crippen LogP contribution in [-0.4, -0.2) is 5.91 Å². The Morgan fingerprint density at radius 3 is 1.83 bits per heavy atom. The fourth-order valence-electron chi connectivity index (χ4n) is 2.03. The van der Waals surface area contributed by atoms with E-state index in [0.29, 0.717) is 5.56 Å². The third-order valence-corrected chi connectivity index (χ3v) is 3.60. The normalized spacial score (nSPS) is 12.1. The maximum absolute atomic E-state index is 13.0. The van der Waals surface area contributed by atoms with Crippen LogP contribution in [0.4, 0.5) is 23.2 Å². The Balaban J connectivity index is 2.16. The van der Waals surface area contributed by atoms with Crippen LogP contribution in [-0.2, 0) is 16.4 Å². The third kappa shape index (κ3) is 3.88. The van der Waals surface area contributed by atoms with Gasteiger partial charge in [-0.3, -0.25) is 4.79 Å². The molecule has 0 spiro atoms. The van der Waals surface area contributed by atoms with E-state index in [1.807, 2.05) is 0 Å². The molecule has 0 aliphatic carbocycles. The Hall–Kier alpha value is -2.37. The number of amides is 1. The van der Waals surface area contributed by atoms with Gasteiger partial charge in [-0.25, -0.2) is 4.39 Å². The minimum atomic E-state index is -4.42. The number of hydrogen-bond acceptors (Lipinski definition) is 1. The third-order valence-electron chi connectivity index (χ3n) is 3.60. The number of halogens is 4. The number of alkyl halides is 3. The molecule has 0 saturated heterocycles. The zero-order valence-electron chi connectivity index (χ0n) is 12.5. The SMILES string of the molecule is CC(C)(C(=O)Nc1ccc(C(F)(F)F)cc1)c1ccc(F)cc1. The fraction of sp³-hybridized carbons (Fsp3) is 0.235. The van der Waals surface area contributed by atoms with E-state index in [1.54, 1.807) is 13.8 Å². The summed E-state index contributed by atoms with van der Waals surface area (Å²) in [6.07, 6.45) is -4.42. The second-order valence-corrected chi connectivity index (χ2v) is 5.66. The van der Waals surface area contributed by atoms with Gasteiger partial charge < -0.3 is 5.32 Å². The van der Waals surface area contributed by atoms with Crippen molar-refractivity contribution in [1.82, 2.24) is 0 Å². The Kier molecular flexibility index (Phi) is 4.45.